The van der Waals surface area contributed by atoms with Crippen LogP contribution in [0.4, 0.5) is 4.39 Å². The lowest BCUT2D eigenvalue weighted by Crippen LogP contribution is -2.18. The molecule has 0 saturated heterocycles. The highest BCUT2D eigenvalue weighted by Crippen LogP contribution is 2.10. The van der Waals surface area contributed by atoms with E-state index in [0.717, 1.165) is 0 Å². The van der Waals surface area contributed by atoms with Gasteiger partial charge in [-0.3, -0.25) is 4.99 Å². The van der Waals surface area contributed by atoms with E-state index >= 15 is 0 Å². The van der Waals surface area contributed by atoms with Crippen LogP contribution in [0.25, 0.3) is 0 Å². The summed E-state index contributed by atoms with van der Waals surface area (Å²) in [6, 6.07) is 0. The van der Waals surface area contributed by atoms with Gasteiger partial charge in [-0.05, 0) is 31.0 Å². The standard InChI is InChI=1S/C8H12ClFN2/c1-5(2)7(6(3)10)12-8(9)11-4/h1H2,2-4H3,(H,11,12)/b7-6-. The average molecular weight is 191 g/mol. The van der Waals surface area contributed by atoms with Gasteiger partial charge in [0.25, 0.3) is 0 Å². The van der Waals surface area contributed by atoms with Crippen LogP contribution in [0.5, 0.6) is 0 Å². The summed E-state index contributed by atoms with van der Waals surface area (Å²) in [7, 11) is 1.51. The topological polar surface area (TPSA) is 24.4 Å². The Hall–Kier alpha value is -0.830. The third-order valence-electron chi connectivity index (χ3n) is 1.20. The van der Waals surface area contributed by atoms with Gasteiger partial charge in [-0.2, -0.15) is 0 Å². The largest absolute Gasteiger partial charge is 0.328 e. The van der Waals surface area contributed by atoms with E-state index in [-0.39, 0.29) is 16.8 Å². The normalized spacial score (nSPS) is 13.9. The first-order valence-electron chi connectivity index (χ1n) is 3.40. The highest BCUT2D eigenvalue weighted by atomic mass is 35.5. The molecule has 0 fully saturated rings. The van der Waals surface area contributed by atoms with E-state index in [1.807, 2.05) is 0 Å². The first-order valence-corrected chi connectivity index (χ1v) is 3.78. The summed E-state index contributed by atoms with van der Waals surface area (Å²) < 4.78 is 12.8. The molecule has 0 aromatic carbocycles. The van der Waals surface area contributed by atoms with E-state index in [9.17, 15) is 4.39 Å². The van der Waals surface area contributed by atoms with Crippen LogP contribution >= 0.6 is 11.6 Å². The number of hydrogen-bond acceptors (Lipinski definition) is 1. The maximum absolute atomic E-state index is 12.8. The number of allylic oxidation sites excluding steroid dienone is 2. The summed E-state index contributed by atoms with van der Waals surface area (Å²) in [6.45, 7) is 6.61. The summed E-state index contributed by atoms with van der Waals surface area (Å²) in [6.07, 6.45) is 0. The molecule has 0 rings (SSSR count). The van der Waals surface area contributed by atoms with Gasteiger partial charge < -0.3 is 5.32 Å². The molecule has 1 N–H and O–H groups in total. The summed E-state index contributed by atoms with van der Waals surface area (Å²) in [4.78, 5) is 3.62. The molecule has 0 aromatic heterocycles. The van der Waals surface area contributed by atoms with Gasteiger partial charge in [0, 0.05) is 7.05 Å². The molecule has 0 radical (unpaired) electrons. The van der Waals surface area contributed by atoms with Crippen molar-refractivity contribution in [2.24, 2.45) is 4.99 Å². The molecule has 0 bridgehead atoms. The summed E-state index contributed by atoms with van der Waals surface area (Å²) in [5, 5.41) is 2.73. The van der Waals surface area contributed by atoms with Crippen molar-refractivity contribution in [3.8, 4) is 0 Å². The lowest BCUT2D eigenvalue weighted by Gasteiger charge is -2.08. The Balaban J connectivity index is 4.60. The molecule has 12 heavy (non-hydrogen) atoms. The quantitative estimate of drug-likeness (QED) is 0.308. The van der Waals surface area contributed by atoms with Crippen LogP contribution in [0.1, 0.15) is 13.8 Å². The van der Waals surface area contributed by atoms with E-state index in [2.05, 4.69) is 16.9 Å². The van der Waals surface area contributed by atoms with Gasteiger partial charge >= 0.3 is 0 Å². The Morgan fingerprint density at radius 2 is 2.00 bits per heavy atom. The lowest BCUT2D eigenvalue weighted by atomic mass is 10.2. The molecule has 0 aliphatic carbocycles. The number of halogens is 2. The van der Waals surface area contributed by atoms with Gasteiger partial charge in [0.15, 0.2) is 5.29 Å². The molecule has 0 spiro atoms. The van der Waals surface area contributed by atoms with Gasteiger partial charge in [-0.25, -0.2) is 4.39 Å². The highest BCUT2D eigenvalue weighted by molar-refractivity contribution is 6.64. The van der Waals surface area contributed by atoms with Crippen LogP contribution < -0.4 is 5.32 Å². The predicted molar refractivity (Wildman–Crippen MR) is 51.0 cm³/mol. The van der Waals surface area contributed by atoms with Crippen molar-refractivity contribution < 1.29 is 4.39 Å². The maximum Gasteiger partial charge on any atom is 0.195 e. The number of amidine groups is 1. The molecular weight excluding hydrogens is 179 g/mol. The van der Waals surface area contributed by atoms with E-state index in [1.165, 1.54) is 14.0 Å². The SMILES string of the molecule is C=C(C)/C(NC(Cl)=NC)=C(\C)F. The van der Waals surface area contributed by atoms with Crippen LogP contribution in [-0.2, 0) is 0 Å². The maximum atomic E-state index is 12.8. The van der Waals surface area contributed by atoms with Crippen molar-refractivity contribution in [3.63, 3.8) is 0 Å². The smallest absolute Gasteiger partial charge is 0.195 e. The Bertz CT molecular complexity index is 239. The van der Waals surface area contributed by atoms with Crippen molar-refractivity contribution >= 4 is 16.9 Å². The molecule has 0 aliphatic heterocycles. The second-order valence-electron chi connectivity index (χ2n) is 2.33. The fraction of sp³-hybridized carbons (Fsp3) is 0.375. The average Bonchev–Trinajstić information content (AvgIpc) is 1.98. The highest BCUT2D eigenvalue weighted by Gasteiger charge is 2.04. The van der Waals surface area contributed by atoms with Crippen molar-refractivity contribution in [1.29, 1.82) is 0 Å². The molecular formula is C8H12ClFN2. The van der Waals surface area contributed by atoms with Gasteiger partial charge in [-0.1, -0.05) is 6.58 Å². The second-order valence-corrected chi connectivity index (χ2v) is 2.69. The first-order chi connectivity index (χ1) is 5.49. The van der Waals surface area contributed by atoms with Crippen molar-refractivity contribution in [2.75, 3.05) is 7.05 Å². The molecule has 0 saturated carbocycles. The molecule has 0 aliphatic rings. The van der Waals surface area contributed by atoms with Crippen LogP contribution in [0.3, 0.4) is 0 Å². The molecule has 4 heteroatoms. The minimum atomic E-state index is -0.357. The zero-order valence-electron chi connectivity index (χ0n) is 7.41. The van der Waals surface area contributed by atoms with Gasteiger partial charge in [0.2, 0.25) is 0 Å². The second kappa shape index (κ2) is 4.93. The number of nitrogens with one attached hydrogen (secondary N) is 1. The molecule has 2 nitrogen and oxygen atoms in total. The number of nitrogens with zero attached hydrogens (tertiary/aromatic N) is 1. The summed E-state index contributed by atoms with van der Waals surface area (Å²) in [5.74, 6) is -0.357. The fourth-order valence-electron chi connectivity index (χ4n) is 0.646. The van der Waals surface area contributed by atoms with E-state index in [4.69, 9.17) is 11.6 Å². The Morgan fingerprint density at radius 3 is 2.25 bits per heavy atom. The van der Waals surface area contributed by atoms with Crippen molar-refractivity contribution in [2.45, 2.75) is 13.8 Å². The molecule has 68 valence electrons. The van der Waals surface area contributed by atoms with Crippen LogP contribution in [0, 0.1) is 0 Å². The third kappa shape index (κ3) is 3.53. The molecule has 0 atom stereocenters. The van der Waals surface area contributed by atoms with Gasteiger partial charge in [-0.15, -0.1) is 0 Å². The molecule has 0 heterocycles. The Labute approximate surface area is 76.8 Å². The molecule has 0 unspecified atom stereocenters. The summed E-state index contributed by atoms with van der Waals surface area (Å²) >= 11 is 5.55. The van der Waals surface area contributed by atoms with Gasteiger partial charge in [0.05, 0.1) is 5.70 Å². The van der Waals surface area contributed by atoms with Crippen LogP contribution in [-0.4, -0.2) is 12.3 Å². The van der Waals surface area contributed by atoms with Crippen molar-refractivity contribution in [3.05, 3.63) is 23.7 Å². The molecule has 0 amide bonds. The minimum absolute atomic E-state index is 0.144. The summed E-state index contributed by atoms with van der Waals surface area (Å²) in [5.41, 5.74) is 0.863. The zero-order chi connectivity index (χ0) is 9.72. The van der Waals surface area contributed by atoms with Crippen LogP contribution in [0.2, 0.25) is 0 Å². The third-order valence-corrected chi connectivity index (χ3v) is 1.46. The monoisotopic (exact) mass is 190 g/mol. The minimum Gasteiger partial charge on any atom is -0.328 e. The van der Waals surface area contributed by atoms with Gasteiger partial charge in [0.1, 0.15) is 5.83 Å². The first kappa shape index (κ1) is 11.2. The fourth-order valence-corrected chi connectivity index (χ4v) is 0.740. The number of rotatable bonds is 2. The van der Waals surface area contributed by atoms with Crippen LogP contribution in [0.15, 0.2) is 28.7 Å². The predicted octanol–water partition coefficient (Wildman–Crippen LogP) is 2.58. The zero-order valence-corrected chi connectivity index (χ0v) is 8.17. The van der Waals surface area contributed by atoms with Crippen molar-refractivity contribution in [1.82, 2.24) is 5.32 Å². The molecule has 0 aromatic rings. The Kier molecular flexibility index (Phi) is 4.59. The number of aliphatic imine (C=N–C) groups is 1. The lowest BCUT2D eigenvalue weighted by molar-refractivity contribution is 0.623. The Morgan fingerprint density at radius 1 is 1.50 bits per heavy atom. The van der Waals surface area contributed by atoms with E-state index < -0.39 is 0 Å². The van der Waals surface area contributed by atoms with E-state index in [1.54, 1.807) is 6.92 Å². The van der Waals surface area contributed by atoms with E-state index in [0.29, 0.717) is 5.57 Å². The number of hydrogen-bond donors (Lipinski definition) is 1.